The molecule has 1 fully saturated rings. The monoisotopic (exact) mass is 431 g/mol. The van der Waals surface area contributed by atoms with Gasteiger partial charge in [-0.2, -0.15) is 13.2 Å². The summed E-state index contributed by atoms with van der Waals surface area (Å²) >= 11 is 0. The predicted octanol–water partition coefficient (Wildman–Crippen LogP) is 2.67. The zero-order chi connectivity index (χ0) is 22.2. The lowest BCUT2D eigenvalue weighted by Gasteiger charge is -2.15. The van der Waals surface area contributed by atoms with E-state index < -0.39 is 23.5 Å². The minimum absolute atomic E-state index is 0.0346. The van der Waals surface area contributed by atoms with Crippen LogP contribution in [0.1, 0.15) is 29.0 Å². The van der Waals surface area contributed by atoms with Gasteiger partial charge in [-0.15, -0.1) is 0 Å². The van der Waals surface area contributed by atoms with Gasteiger partial charge in [0.05, 0.1) is 24.4 Å². The van der Waals surface area contributed by atoms with E-state index in [1.807, 2.05) is 0 Å². The molecule has 3 aromatic heterocycles. The summed E-state index contributed by atoms with van der Waals surface area (Å²) in [7, 11) is 1.57. The summed E-state index contributed by atoms with van der Waals surface area (Å²) < 4.78 is 41.4. The number of carbonyl (C=O) groups is 2. The molecule has 160 valence electrons. The maximum Gasteiger partial charge on any atom is 0.433 e. The Kier molecular flexibility index (Phi) is 5.13. The topological polar surface area (TPSA) is 106 Å². The van der Waals surface area contributed by atoms with Crippen molar-refractivity contribution in [2.24, 2.45) is 7.05 Å². The number of hydrogen-bond donors (Lipinski definition) is 1. The normalized spacial score (nSPS) is 14.2. The number of pyridine rings is 1. The van der Waals surface area contributed by atoms with Gasteiger partial charge in [0.25, 0.3) is 5.91 Å². The lowest BCUT2D eigenvalue weighted by atomic mass is 10.2. The minimum Gasteiger partial charge on any atom is -0.331 e. The van der Waals surface area contributed by atoms with Crippen LogP contribution in [-0.2, 0) is 18.0 Å². The van der Waals surface area contributed by atoms with Crippen LogP contribution in [0.2, 0.25) is 0 Å². The van der Waals surface area contributed by atoms with Gasteiger partial charge < -0.3 is 9.88 Å². The summed E-state index contributed by atoms with van der Waals surface area (Å²) in [6, 6.07) is 3.65. The number of hydrogen-bond acceptors (Lipinski definition) is 6. The number of carbonyl (C=O) groups excluding carboxylic acids is 2. The lowest BCUT2D eigenvalue weighted by molar-refractivity contribution is -0.141. The molecule has 0 aromatic carbocycles. The Bertz CT molecular complexity index is 1140. The van der Waals surface area contributed by atoms with Gasteiger partial charge in [0, 0.05) is 26.1 Å². The largest absolute Gasteiger partial charge is 0.433 e. The van der Waals surface area contributed by atoms with Gasteiger partial charge in [0.2, 0.25) is 5.91 Å². The number of rotatable bonds is 4. The van der Waals surface area contributed by atoms with Gasteiger partial charge in [0.15, 0.2) is 5.82 Å². The van der Waals surface area contributed by atoms with Crippen molar-refractivity contribution < 1.29 is 22.8 Å². The Hall–Kier alpha value is -3.83. The molecule has 12 heteroatoms. The first-order valence-corrected chi connectivity index (χ1v) is 9.23. The molecule has 0 spiro atoms. The van der Waals surface area contributed by atoms with Gasteiger partial charge >= 0.3 is 6.18 Å². The molecule has 0 atom stereocenters. The quantitative estimate of drug-likeness (QED) is 0.681. The molecule has 31 heavy (non-hydrogen) atoms. The Morgan fingerprint density at radius 3 is 2.58 bits per heavy atom. The molecular formula is C19H16F3N7O2. The first-order chi connectivity index (χ1) is 14.7. The second kappa shape index (κ2) is 7.78. The van der Waals surface area contributed by atoms with Crippen molar-refractivity contribution in [3.8, 4) is 11.5 Å². The third kappa shape index (κ3) is 4.22. The Morgan fingerprint density at radius 1 is 1.19 bits per heavy atom. The SMILES string of the molecule is Cn1cncc1-c1nc(C(=O)Nc2ccc(N3CCCC3=O)nc2)cc(C(F)(F)F)n1. The number of imidazole rings is 1. The number of nitrogens with zero attached hydrogens (tertiary/aromatic N) is 6. The highest BCUT2D eigenvalue weighted by Crippen LogP contribution is 2.30. The van der Waals surface area contributed by atoms with Crippen LogP contribution in [0, 0.1) is 0 Å². The number of alkyl halides is 3. The van der Waals surface area contributed by atoms with E-state index in [0.717, 1.165) is 6.42 Å². The van der Waals surface area contributed by atoms with Crippen molar-refractivity contribution in [1.29, 1.82) is 0 Å². The van der Waals surface area contributed by atoms with Crippen LogP contribution in [0.3, 0.4) is 0 Å². The van der Waals surface area contributed by atoms with Gasteiger partial charge in [-0.1, -0.05) is 0 Å². The van der Waals surface area contributed by atoms with Gasteiger partial charge in [-0.05, 0) is 18.6 Å². The first kappa shape index (κ1) is 20.4. The molecule has 0 bridgehead atoms. The highest BCUT2D eigenvalue weighted by molar-refractivity contribution is 6.03. The number of anilines is 2. The second-order valence-corrected chi connectivity index (χ2v) is 6.86. The zero-order valence-electron chi connectivity index (χ0n) is 16.2. The summed E-state index contributed by atoms with van der Waals surface area (Å²) in [5, 5.41) is 2.47. The summed E-state index contributed by atoms with van der Waals surface area (Å²) in [6.07, 6.45) is 0.446. The maximum atomic E-state index is 13.3. The van der Waals surface area contributed by atoms with Gasteiger partial charge in [-0.3, -0.25) is 14.5 Å². The molecule has 1 saturated heterocycles. The minimum atomic E-state index is -4.77. The molecule has 1 N–H and O–H groups in total. The maximum absolute atomic E-state index is 13.3. The standard InChI is InChI=1S/C19H16F3N7O2/c1-28-10-23-9-13(28)17-26-12(7-14(27-17)19(20,21)22)18(31)25-11-4-5-15(24-8-11)29-6-2-3-16(29)30/h4-5,7-10H,2-3,6H2,1H3,(H,25,31). The van der Waals surface area contributed by atoms with Crippen LogP contribution >= 0.6 is 0 Å². The molecule has 0 radical (unpaired) electrons. The number of amides is 2. The van der Waals surface area contributed by atoms with Gasteiger partial charge in [-0.25, -0.2) is 19.9 Å². The molecule has 0 unspecified atom stereocenters. The molecule has 4 heterocycles. The fourth-order valence-corrected chi connectivity index (χ4v) is 3.10. The zero-order valence-corrected chi connectivity index (χ0v) is 16.2. The molecule has 9 nitrogen and oxygen atoms in total. The summed E-state index contributed by atoms with van der Waals surface area (Å²) in [5.41, 5.74) is -1.24. The van der Waals surface area contributed by atoms with Crippen LogP contribution in [0.15, 0.2) is 36.9 Å². The van der Waals surface area contributed by atoms with Crippen LogP contribution in [-0.4, -0.2) is 42.9 Å². The van der Waals surface area contributed by atoms with E-state index in [4.69, 9.17) is 0 Å². The first-order valence-electron chi connectivity index (χ1n) is 9.23. The summed E-state index contributed by atoms with van der Waals surface area (Å²) in [5.74, 6) is -0.725. The van der Waals surface area contributed by atoms with E-state index in [9.17, 15) is 22.8 Å². The third-order valence-corrected chi connectivity index (χ3v) is 4.65. The van der Waals surface area contributed by atoms with Crippen LogP contribution in [0.4, 0.5) is 24.7 Å². The fraction of sp³-hybridized carbons (Fsp3) is 0.263. The number of halogens is 3. The van der Waals surface area contributed by atoms with E-state index in [-0.39, 0.29) is 23.1 Å². The Labute approximate surface area is 174 Å². The van der Waals surface area contributed by atoms with E-state index >= 15 is 0 Å². The van der Waals surface area contributed by atoms with E-state index in [1.54, 1.807) is 13.1 Å². The molecule has 0 aliphatic carbocycles. The Balaban J connectivity index is 1.60. The highest BCUT2D eigenvalue weighted by Gasteiger charge is 2.34. The van der Waals surface area contributed by atoms with E-state index in [1.165, 1.54) is 34.3 Å². The molecule has 4 rings (SSSR count). The van der Waals surface area contributed by atoms with Crippen LogP contribution in [0.25, 0.3) is 11.5 Å². The average Bonchev–Trinajstić information content (AvgIpc) is 3.35. The van der Waals surface area contributed by atoms with Crippen molar-refractivity contribution >= 4 is 23.3 Å². The van der Waals surface area contributed by atoms with Crippen molar-refractivity contribution in [2.75, 3.05) is 16.8 Å². The predicted molar refractivity (Wildman–Crippen MR) is 103 cm³/mol. The molecule has 3 aromatic rings. The molecule has 1 aliphatic rings. The number of aryl methyl sites for hydroxylation is 1. The van der Waals surface area contributed by atoms with Crippen molar-refractivity contribution in [1.82, 2.24) is 24.5 Å². The second-order valence-electron chi connectivity index (χ2n) is 6.86. The fourth-order valence-electron chi connectivity index (χ4n) is 3.10. The third-order valence-electron chi connectivity index (χ3n) is 4.65. The summed E-state index contributed by atoms with van der Waals surface area (Å²) in [4.78, 5) is 41.4. The molecule has 1 aliphatic heterocycles. The molecule has 2 amide bonds. The van der Waals surface area contributed by atoms with Crippen molar-refractivity contribution in [3.05, 3.63) is 48.3 Å². The van der Waals surface area contributed by atoms with Crippen LogP contribution in [0.5, 0.6) is 0 Å². The molecule has 0 saturated carbocycles. The number of nitrogens with one attached hydrogen (secondary N) is 1. The Morgan fingerprint density at radius 2 is 2.00 bits per heavy atom. The smallest absolute Gasteiger partial charge is 0.331 e. The van der Waals surface area contributed by atoms with Crippen molar-refractivity contribution in [3.63, 3.8) is 0 Å². The lowest BCUT2D eigenvalue weighted by Crippen LogP contribution is -2.24. The average molecular weight is 431 g/mol. The van der Waals surface area contributed by atoms with Crippen LogP contribution < -0.4 is 10.2 Å². The van der Waals surface area contributed by atoms with Crippen molar-refractivity contribution in [2.45, 2.75) is 19.0 Å². The van der Waals surface area contributed by atoms with E-state index in [2.05, 4.69) is 25.3 Å². The number of aromatic nitrogens is 5. The van der Waals surface area contributed by atoms with E-state index in [0.29, 0.717) is 24.8 Å². The summed E-state index contributed by atoms with van der Waals surface area (Å²) in [6.45, 7) is 0.565. The van der Waals surface area contributed by atoms with Gasteiger partial charge in [0.1, 0.15) is 22.9 Å². The molecular weight excluding hydrogens is 415 g/mol. The highest BCUT2D eigenvalue weighted by atomic mass is 19.4.